The van der Waals surface area contributed by atoms with Crippen molar-refractivity contribution >= 4 is 23.5 Å². The van der Waals surface area contributed by atoms with Gasteiger partial charge in [0.25, 0.3) is 5.91 Å². The van der Waals surface area contributed by atoms with Crippen molar-refractivity contribution < 1.29 is 29.0 Å². The van der Waals surface area contributed by atoms with Gasteiger partial charge >= 0.3 is 11.7 Å². The Hall–Kier alpha value is -3.76. The Bertz CT molecular complexity index is 1060. The molecule has 6 N–H and O–H groups in total. The first-order chi connectivity index (χ1) is 16.7. The Kier molecular flexibility index (Phi) is 8.56. The number of nitrogens with one attached hydrogen (secondary N) is 3. The number of amidine groups is 1. The summed E-state index contributed by atoms with van der Waals surface area (Å²) < 4.78 is 11.0. The van der Waals surface area contributed by atoms with Crippen molar-refractivity contribution in [1.82, 2.24) is 10.6 Å². The minimum atomic E-state index is -2.54. The molecule has 0 radical (unpaired) electrons. The van der Waals surface area contributed by atoms with Crippen molar-refractivity contribution in [2.24, 2.45) is 5.73 Å². The number of ether oxygens (including phenoxy) is 2. The highest BCUT2D eigenvalue weighted by atomic mass is 16.6. The maximum absolute atomic E-state index is 13.4. The number of aliphatic carboxylic acids is 1. The van der Waals surface area contributed by atoms with Crippen LogP contribution in [0.15, 0.2) is 48.5 Å². The van der Waals surface area contributed by atoms with E-state index in [-0.39, 0.29) is 24.2 Å². The van der Waals surface area contributed by atoms with E-state index in [9.17, 15) is 19.5 Å². The first kappa shape index (κ1) is 25.9. The number of benzene rings is 2. The molecule has 0 saturated carbocycles. The summed E-state index contributed by atoms with van der Waals surface area (Å²) >= 11 is 0. The molecule has 2 aromatic carbocycles. The van der Waals surface area contributed by atoms with Gasteiger partial charge in [0.1, 0.15) is 11.6 Å². The van der Waals surface area contributed by atoms with E-state index in [0.717, 1.165) is 5.56 Å². The smallest absolute Gasteiger partial charge is 0.365 e. The molecule has 35 heavy (non-hydrogen) atoms. The van der Waals surface area contributed by atoms with Gasteiger partial charge in [0.2, 0.25) is 0 Å². The standard InChI is InChI=1S/C25H30N4O6/c1-34-19-9-2-16(3-10-19)4-11-21(30)25(24(32)33,35-20-12-14-28-15-13-20)29-23(31)18-7-5-17(6-8-18)22(26)27/h2-3,5-10,20,28H,4,11-15H2,1H3,(H3,26,27)(H,29,31)(H,32,33). The topological polar surface area (TPSA) is 164 Å². The van der Waals surface area contributed by atoms with Gasteiger partial charge in [-0.05, 0) is 62.2 Å². The highest BCUT2D eigenvalue weighted by Gasteiger charge is 2.50. The largest absolute Gasteiger partial charge is 0.497 e. The molecule has 0 spiro atoms. The van der Waals surface area contributed by atoms with Crippen LogP contribution in [0.25, 0.3) is 0 Å². The summed E-state index contributed by atoms with van der Waals surface area (Å²) in [6.45, 7) is 1.22. The van der Waals surface area contributed by atoms with Crippen LogP contribution in [0.4, 0.5) is 0 Å². The lowest BCUT2D eigenvalue weighted by Crippen LogP contribution is -2.63. The average molecular weight is 483 g/mol. The number of amides is 1. The third-order valence-corrected chi connectivity index (χ3v) is 5.87. The quantitative estimate of drug-likeness (QED) is 0.139. The summed E-state index contributed by atoms with van der Waals surface area (Å²) in [7, 11) is 1.55. The number of Topliss-reactive ketones (excluding diaryl/α,β-unsaturated/α-hetero) is 1. The fraction of sp³-hybridized carbons (Fsp3) is 0.360. The van der Waals surface area contributed by atoms with Crippen molar-refractivity contribution in [2.45, 2.75) is 37.5 Å². The zero-order chi connectivity index (χ0) is 25.4. The third kappa shape index (κ3) is 6.43. The first-order valence-corrected chi connectivity index (χ1v) is 11.3. The van der Waals surface area contributed by atoms with E-state index in [4.69, 9.17) is 20.6 Å². The molecule has 186 valence electrons. The van der Waals surface area contributed by atoms with Crippen molar-refractivity contribution in [1.29, 1.82) is 5.41 Å². The van der Waals surface area contributed by atoms with Gasteiger partial charge < -0.3 is 30.9 Å². The number of carboxylic acid groups (broad SMARTS) is 1. The maximum atomic E-state index is 13.4. The predicted molar refractivity (Wildman–Crippen MR) is 129 cm³/mol. The Morgan fingerprint density at radius 3 is 2.23 bits per heavy atom. The van der Waals surface area contributed by atoms with Crippen LogP contribution < -0.4 is 21.1 Å². The van der Waals surface area contributed by atoms with Gasteiger partial charge in [-0.2, -0.15) is 0 Å². The molecule has 1 unspecified atom stereocenters. The van der Waals surface area contributed by atoms with E-state index in [1.54, 1.807) is 31.4 Å². The number of methoxy groups -OCH3 is 1. The SMILES string of the molecule is COc1ccc(CCC(=O)C(NC(=O)c2ccc(C(=N)N)cc2)(OC2CCNCC2)C(=O)O)cc1. The summed E-state index contributed by atoms with van der Waals surface area (Å²) in [6, 6.07) is 12.8. The van der Waals surface area contributed by atoms with Crippen molar-refractivity contribution in [2.75, 3.05) is 20.2 Å². The molecular formula is C25H30N4O6. The Morgan fingerprint density at radius 2 is 1.69 bits per heavy atom. The minimum Gasteiger partial charge on any atom is -0.497 e. The second-order valence-corrected chi connectivity index (χ2v) is 8.27. The maximum Gasteiger partial charge on any atom is 0.365 e. The summed E-state index contributed by atoms with van der Waals surface area (Å²) in [4.78, 5) is 38.9. The Morgan fingerprint density at radius 1 is 1.09 bits per heavy atom. The number of nitrogens with two attached hydrogens (primary N) is 1. The molecular weight excluding hydrogens is 452 g/mol. The highest BCUT2D eigenvalue weighted by molar-refractivity contribution is 6.11. The van der Waals surface area contributed by atoms with E-state index in [0.29, 0.717) is 37.2 Å². The number of carboxylic acids is 1. The summed E-state index contributed by atoms with van der Waals surface area (Å²) in [5.74, 6) is -2.62. The van der Waals surface area contributed by atoms with Gasteiger partial charge in [0, 0.05) is 17.5 Å². The summed E-state index contributed by atoms with van der Waals surface area (Å²) in [5.41, 5.74) is 4.24. The van der Waals surface area contributed by atoms with E-state index in [1.807, 2.05) is 0 Å². The number of carbonyl (C=O) groups is 3. The number of rotatable bonds is 11. The number of hydrogen-bond donors (Lipinski definition) is 5. The Balaban J connectivity index is 1.84. The number of piperidine rings is 1. The summed E-state index contributed by atoms with van der Waals surface area (Å²) in [5, 5.41) is 23.2. The summed E-state index contributed by atoms with van der Waals surface area (Å²) in [6.07, 6.45) is 0.593. The van der Waals surface area contributed by atoms with Crippen molar-refractivity contribution in [3.63, 3.8) is 0 Å². The van der Waals surface area contributed by atoms with Crippen LogP contribution in [0, 0.1) is 5.41 Å². The highest BCUT2D eigenvalue weighted by Crippen LogP contribution is 2.22. The van der Waals surface area contributed by atoms with Gasteiger partial charge in [-0.15, -0.1) is 0 Å². The number of aryl methyl sites for hydroxylation is 1. The molecule has 10 heteroatoms. The molecule has 0 bridgehead atoms. The van der Waals surface area contributed by atoms with Crippen molar-refractivity contribution in [3.8, 4) is 5.75 Å². The van der Waals surface area contributed by atoms with Gasteiger partial charge in [-0.1, -0.05) is 24.3 Å². The number of carbonyl (C=O) groups excluding carboxylic acids is 2. The van der Waals surface area contributed by atoms with E-state index >= 15 is 0 Å². The lowest BCUT2D eigenvalue weighted by atomic mass is 9.98. The van der Waals surface area contributed by atoms with Crippen LogP contribution >= 0.6 is 0 Å². The monoisotopic (exact) mass is 482 g/mol. The molecule has 10 nitrogen and oxygen atoms in total. The van der Waals surface area contributed by atoms with Crippen LogP contribution in [0.3, 0.4) is 0 Å². The third-order valence-electron chi connectivity index (χ3n) is 5.87. The molecule has 0 aromatic heterocycles. The first-order valence-electron chi connectivity index (χ1n) is 11.3. The minimum absolute atomic E-state index is 0.109. The normalized spacial score (nSPS) is 15.6. The lowest BCUT2D eigenvalue weighted by molar-refractivity contribution is -0.185. The van der Waals surface area contributed by atoms with Crippen LogP contribution in [0.5, 0.6) is 5.75 Å². The predicted octanol–water partition coefficient (Wildman–Crippen LogP) is 1.46. The molecule has 1 saturated heterocycles. The Labute approximate surface area is 203 Å². The number of hydrogen-bond acceptors (Lipinski definition) is 7. The lowest BCUT2D eigenvalue weighted by Gasteiger charge is -2.34. The van der Waals surface area contributed by atoms with Gasteiger partial charge in [-0.25, -0.2) is 4.79 Å². The second-order valence-electron chi connectivity index (χ2n) is 8.27. The van der Waals surface area contributed by atoms with Crippen LogP contribution in [-0.4, -0.2) is 60.6 Å². The van der Waals surface area contributed by atoms with Crippen LogP contribution in [-0.2, 0) is 20.7 Å². The molecule has 1 heterocycles. The van der Waals surface area contributed by atoms with Crippen molar-refractivity contribution in [3.05, 3.63) is 65.2 Å². The molecule has 1 aliphatic rings. The van der Waals surface area contributed by atoms with Crippen LogP contribution in [0.1, 0.15) is 40.7 Å². The molecule has 1 aliphatic heterocycles. The van der Waals surface area contributed by atoms with E-state index in [2.05, 4.69) is 10.6 Å². The molecule has 1 fully saturated rings. The fourth-order valence-corrected chi connectivity index (χ4v) is 3.81. The molecule has 1 amide bonds. The van der Waals surface area contributed by atoms with Gasteiger partial charge in [0.15, 0.2) is 5.78 Å². The molecule has 2 aromatic rings. The van der Waals surface area contributed by atoms with Gasteiger partial charge in [0.05, 0.1) is 13.2 Å². The van der Waals surface area contributed by atoms with E-state index < -0.39 is 29.5 Å². The molecule has 1 atom stereocenters. The number of ketones is 1. The van der Waals surface area contributed by atoms with Crippen LogP contribution in [0.2, 0.25) is 0 Å². The average Bonchev–Trinajstić information content (AvgIpc) is 2.87. The van der Waals surface area contributed by atoms with E-state index in [1.165, 1.54) is 24.3 Å². The fourth-order valence-electron chi connectivity index (χ4n) is 3.81. The zero-order valence-electron chi connectivity index (χ0n) is 19.5. The zero-order valence-corrected chi connectivity index (χ0v) is 19.5. The molecule has 3 rings (SSSR count). The van der Waals surface area contributed by atoms with Gasteiger partial charge in [-0.3, -0.25) is 15.0 Å². The second kappa shape index (κ2) is 11.6. The molecule has 0 aliphatic carbocycles. The number of nitrogen functional groups attached to an aromatic ring is 1.